The van der Waals surface area contributed by atoms with Gasteiger partial charge >= 0.3 is 0 Å². The van der Waals surface area contributed by atoms with Crippen molar-refractivity contribution in [2.45, 2.75) is 10.9 Å². The van der Waals surface area contributed by atoms with Crippen LogP contribution in [0.25, 0.3) is 17.1 Å². The summed E-state index contributed by atoms with van der Waals surface area (Å²) >= 11 is 5.06. The molecular formula is C21H15BrN4O2S. The largest absolute Gasteiger partial charge is 0.270 e. The molecule has 4 rings (SSSR count). The zero-order chi connectivity index (χ0) is 20.2. The quantitative estimate of drug-likeness (QED) is 0.201. The third kappa shape index (κ3) is 4.38. The highest BCUT2D eigenvalue weighted by Crippen LogP contribution is 2.31. The summed E-state index contributed by atoms with van der Waals surface area (Å²) in [5.74, 6) is 1.29. The third-order valence-corrected chi connectivity index (χ3v) is 5.71. The lowest BCUT2D eigenvalue weighted by Crippen LogP contribution is -2.00. The number of nitro groups is 1. The molecule has 0 saturated heterocycles. The van der Waals surface area contributed by atoms with E-state index in [2.05, 4.69) is 38.3 Å². The Labute approximate surface area is 179 Å². The van der Waals surface area contributed by atoms with Crippen LogP contribution < -0.4 is 0 Å². The van der Waals surface area contributed by atoms with E-state index in [4.69, 9.17) is 0 Å². The molecule has 0 atom stereocenters. The first-order valence-corrected chi connectivity index (χ1v) is 10.5. The molecule has 4 aromatic rings. The van der Waals surface area contributed by atoms with Crippen molar-refractivity contribution in [3.05, 3.63) is 99.0 Å². The van der Waals surface area contributed by atoms with Gasteiger partial charge in [0.2, 0.25) is 0 Å². The molecule has 0 aliphatic rings. The van der Waals surface area contributed by atoms with E-state index in [1.54, 1.807) is 23.9 Å². The van der Waals surface area contributed by atoms with Crippen LogP contribution >= 0.6 is 27.7 Å². The normalized spacial score (nSPS) is 10.8. The summed E-state index contributed by atoms with van der Waals surface area (Å²) in [5.41, 5.74) is 2.72. The van der Waals surface area contributed by atoms with E-state index in [-0.39, 0.29) is 5.69 Å². The fraction of sp³-hybridized carbons (Fsp3) is 0.0476. The highest BCUT2D eigenvalue weighted by molar-refractivity contribution is 9.10. The van der Waals surface area contributed by atoms with E-state index in [0.29, 0.717) is 11.4 Å². The first-order chi connectivity index (χ1) is 14.1. The second-order valence-corrected chi connectivity index (χ2v) is 8.06. The van der Waals surface area contributed by atoms with Crippen molar-refractivity contribution in [3.8, 4) is 17.1 Å². The van der Waals surface area contributed by atoms with Gasteiger partial charge in [-0.05, 0) is 29.8 Å². The van der Waals surface area contributed by atoms with E-state index in [9.17, 15) is 10.1 Å². The Hall–Kier alpha value is -2.97. The molecule has 0 radical (unpaired) electrons. The molecule has 0 fully saturated rings. The molecule has 0 spiro atoms. The Morgan fingerprint density at radius 2 is 1.76 bits per heavy atom. The van der Waals surface area contributed by atoms with Crippen molar-refractivity contribution in [1.82, 2.24) is 14.8 Å². The molecule has 29 heavy (non-hydrogen) atoms. The Balaban J connectivity index is 1.75. The van der Waals surface area contributed by atoms with Crippen molar-refractivity contribution >= 4 is 33.4 Å². The number of nitrogens with zero attached hydrogens (tertiary/aromatic N) is 4. The van der Waals surface area contributed by atoms with Crippen molar-refractivity contribution < 1.29 is 4.92 Å². The average molecular weight is 467 g/mol. The number of thioether (sulfide) groups is 1. The summed E-state index contributed by atoms with van der Waals surface area (Å²) in [5, 5.41) is 20.6. The summed E-state index contributed by atoms with van der Waals surface area (Å²) in [6.07, 6.45) is 0. The monoisotopic (exact) mass is 466 g/mol. The molecule has 0 bridgehead atoms. The molecule has 0 unspecified atom stereocenters. The van der Waals surface area contributed by atoms with E-state index in [1.807, 2.05) is 47.0 Å². The lowest BCUT2D eigenvalue weighted by atomic mass is 10.2. The maximum atomic E-state index is 11.2. The smallest absolute Gasteiger partial charge is 0.270 e. The molecule has 6 nitrogen and oxygen atoms in total. The zero-order valence-electron chi connectivity index (χ0n) is 15.1. The lowest BCUT2D eigenvalue weighted by molar-refractivity contribution is -0.384. The lowest BCUT2D eigenvalue weighted by Gasteiger charge is -2.10. The second-order valence-electron chi connectivity index (χ2n) is 6.20. The van der Waals surface area contributed by atoms with Gasteiger partial charge in [-0.25, -0.2) is 0 Å². The summed E-state index contributed by atoms with van der Waals surface area (Å²) in [6, 6.07) is 24.3. The number of hydrogen-bond acceptors (Lipinski definition) is 5. The number of para-hydroxylation sites is 1. The highest BCUT2D eigenvalue weighted by Gasteiger charge is 2.18. The van der Waals surface area contributed by atoms with Crippen LogP contribution in [0.4, 0.5) is 5.69 Å². The van der Waals surface area contributed by atoms with Gasteiger partial charge in [0.1, 0.15) is 0 Å². The predicted octanol–water partition coefficient (Wildman–Crippen LogP) is 5.90. The molecule has 0 aliphatic heterocycles. The molecule has 0 aliphatic carbocycles. The van der Waals surface area contributed by atoms with Crippen molar-refractivity contribution in [1.29, 1.82) is 0 Å². The first kappa shape index (κ1) is 19.4. The minimum atomic E-state index is -0.407. The summed E-state index contributed by atoms with van der Waals surface area (Å²) in [4.78, 5) is 10.8. The third-order valence-electron chi connectivity index (χ3n) is 4.22. The van der Waals surface area contributed by atoms with Crippen LogP contribution in [0.2, 0.25) is 0 Å². The summed E-state index contributed by atoms with van der Waals surface area (Å²) in [7, 11) is 0. The Morgan fingerprint density at radius 1 is 0.966 bits per heavy atom. The molecule has 144 valence electrons. The molecule has 0 N–H and O–H groups in total. The van der Waals surface area contributed by atoms with Gasteiger partial charge in [-0.1, -0.05) is 70.2 Å². The van der Waals surface area contributed by atoms with Gasteiger partial charge < -0.3 is 0 Å². The van der Waals surface area contributed by atoms with Gasteiger partial charge in [-0.15, -0.1) is 10.2 Å². The molecule has 0 amide bonds. The number of benzene rings is 3. The number of halogens is 1. The van der Waals surface area contributed by atoms with Crippen LogP contribution in [0.1, 0.15) is 5.56 Å². The number of nitro benzene ring substituents is 1. The molecule has 3 aromatic carbocycles. The predicted molar refractivity (Wildman–Crippen MR) is 117 cm³/mol. The Morgan fingerprint density at radius 3 is 2.52 bits per heavy atom. The number of rotatable bonds is 6. The van der Waals surface area contributed by atoms with Gasteiger partial charge in [-0.2, -0.15) is 0 Å². The van der Waals surface area contributed by atoms with Crippen molar-refractivity contribution in [3.63, 3.8) is 0 Å². The number of aromatic nitrogens is 3. The van der Waals surface area contributed by atoms with Crippen LogP contribution in [-0.2, 0) is 5.75 Å². The summed E-state index contributed by atoms with van der Waals surface area (Å²) < 4.78 is 2.96. The number of non-ortho nitro benzene ring substituents is 1. The standard InChI is InChI=1S/C21H15BrN4O2S/c22-17-8-4-6-15(12-17)14-29-21-24-23-20(25(21)18-9-2-1-3-10-18)16-7-5-11-19(13-16)26(27)28/h1-13H,14H2. The molecule has 1 aromatic heterocycles. The van der Waals surface area contributed by atoms with E-state index in [1.165, 1.54) is 12.1 Å². The van der Waals surface area contributed by atoms with Crippen LogP contribution in [0, 0.1) is 10.1 Å². The van der Waals surface area contributed by atoms with Gasteiger partial charge in [0, 0.05) is 33.6 Å². The first-order valence-electron chi connectivity index (χ1n) is 8.75. The van der Waals surface area contributed by atoms with Gasteiger partial charge in [0.05, 0.1) is 4.92 Å². The SMILES string of the molecule is O=[N+]([O-])c1cccc(-c2nnc(SCc3cccc(Br)c3)n2-c2ccccc2)c1. The van der Waals surface area contributed by atoms with Gasteiger partial charge in [0.15, 0.2) is 11.0 Å². The van der Waals surface area contributed by atoms with Crippen molar-refractivity contribution in [2.75, 3.05) is 0 Å². The molecule has 1 heterocycles. The Bertz CT molecular complexity index is 1160. The minimum Gasteiger partial charge on any atom is -0.270 e. The minimum absolute atomic E-state index is 0.0217. The highest BCUT2D eigenvalue weighted by atomic mass is 79.9. The van der Waals surface area contributed by atoms with Crippen molar-refractivity contribution in [2.24, 2.45) is 0 Å². The van der Waals surface area contributed by atoms with E-state index < -0.39 is 4.92 Å². The average Bonchev–Trinajstić information content (AvgIpc) is 3.17. The molecular weight excluding hydrogens is 452 g/mol. The Kier molecular flexibility index (Phi) is 5.73. The molecule has 0 saturated carbocycles. The maximum absolute atomic E-state index is 11.2. The summed E-state index contributed by atoms with van der Waals surface area (Å²) in [6.45, 7) is 0. The van der Waals surface area contributed by atoms with Crippen LogP contribution in [-0.4, -0.2) is 19.7 Å². The fourth-order valence-electron chi connectivity index (χ4n) is 2.89. The maximum Gasteiger partial charge on any atom is 0.270 e. The zero-order valence-corrected chi connectivity index (χ0v) is 17.5. The topological polar surface area (TPSA) is 73.8 Å². The van der Waals surface area contributed by atoms with E-state index in [0.717, 1.165) is 26.6 Å². The molecule has 8 heteroatoms. The second kappa shape index (κ2) is 8.59. The fourth-order valence-corrected chi connectivity index (χ4v) is 4.23. The van der Waals surface area contributed by atoms with E-state index >= 15 is 0 Å². The number of hydrogen-bond donors (Lipinski definition) is 0. The van der Waals surface area contributed by atoms with Crippen LogP contribution in [0.5, 0.6) is 0 Å². The van der Waals surface area contributed by atoms with Crippen LogP contribution in [0.15, 0.2) is 88.5 Å². The van der Waals surface area contributed by atoms with Crippen LogP contribution in [0.3, 0.4) is 0 Å². The van der Waals surface area contributed by atoms with Gasteiger partial charge in [-0.3, -0.25) is 14.7 Å². The van der Waals surface area contributed by atoms with Gasteiger partial charge in [0.25, 0.3) is 5.69 Å².